The first-order valence-electron chi connectivity index (χ1n) is 13.3. The fourth-order valence-electron chi connectivity index (χ4n) is 5.26. The molecule has 0 atom stereocenters. The second kappa shape index (κ2) is 10.1. The van der Waals surface area contributed by atoms with Crippen LogP contribution in [0.25, 0.3) is 61.4 Å². The molecule has 7 nitrogen and oxygen atoms in total. The molecule has 0 fully saturated rings. The van der Waals surface area contributed by atoms with Crippen molar-refractivity contribution in [3.05, 3.63) is 126 Å². The number of hydrogen-bond acceptors (Lipinski definition) is 6. The average molecular weight is 540 g/mol. The van der Waals surface area contributed by atoms with Crippen LogP contribution in [0.3, 0.4) is 0 Å². The minimum atomic E-state index is 0.381. The van der Waals surface area contributed by atoms with Crippen LogP contribution in [0.4, 0.5) is 0 Å². The standard InChI is InChI=1S/C35H21N7/c1-22-6-8-25(9-7-22)26-10-12-29-28-4-2-3-5-31(28)42(33(29)15-26)32-13-11-27(34-38-18-23(16-36)19-39-34)14-30(32)35-40-20-24(17-37)21-41-35/h2-15,18-21H,1H3. The monoisotopic (exact) mass is 539 g/mol. The van der Waals surface area contributed by atoms with Crippen molar-refractivity contribution in [1.82, 2.24) is 24.5 Å². The fraction of sp³-hybridized carbons (Fsp3) is 0.0286. The van der Waals surface area contributed by atoms with E-state index in [9.17, 15) is 10.5 Å². The third-order valence-electron chi connectivity index (χ3n) is 7.36. The first-order valence-corrected chi connectivity index (χ1v) is 13.3. The minimum Gasteiger partial charge on any atom is -0.308 e. The molecular formula is C35H21N7. The molecule has 42 heavy (non-hydrogen) atoms. The Hall–Kier alpha value is -6.18. The highest BCUT2D eigenvalue weighted by atomic mass is 15.0. The van der Waals surface area contributed by atoms with Gasteiger partial charge in [0.2, 0.25) is 0 Å². The van der Waals surface area contributed by atoms with Crippen LogP contribution in [0.5, 0.6) is 0 Å². The van der Waals surface area contributed by atoms with Crippen LogP contribution >= 0.6 is 0 Å². The normalized spacial score (nSPS) is 10.9. The molecule has 0 unspecified atom stereocenters. The molecule has 7 rings (SSSR count). The van der Waals surface area contributed by atoms with Crippen LogP contribution in [0.15, 0.2) is 110 Å². The van der Waals surface area contributed by atoms with E-state index in [2.05, 4.69) is 104 Å². The predicted octanol–water partition coefficient (Wildman–Crippen LogP) is 7.42. The van der Waals surface area contributed by atoms with Crippen molar-refractivity contribution >= 4 is 21.8 Å². The number of aromatic nitrogens is 5. The van der Waals surface area contributed by atoms with Crippen LogP contribution in [0.2, 0.25) is 0 Å². The van der Waals surface area contributed by atoms with Gasteiger partial charge in [-0.3, -0.25) is 0 Å². The maximum Gasteiger partial charge on any atom is 0.161 e. The van der Waals surface area contributed by atoms with Gasteiger partial charge in [-0.05, 0) is 48.4 Å². The van der Waals surface area contributed by atoms with Gasteiger partial charge in [-0.2, -0.15) is 10.5 Å². The van der Waals surface area contributed by atoms with Crippen molar-refractivity contribution in [3.8, 4) is 51.7 Å². The van der Waals surface area contributed by atoms with Gasteiger partial charge >= 0.3 is 0 Å². The number of fused-ring (bicyclic) bond motifs is 3. The molecule has 196 valence electrons. The summed E-state index contributed by atoms with van der Waals surface area (Å²) in [5.41, 5.74) is 8.73. The van der Waals surface area contributed by atoms with Gasteiger partial charge in [0.1, 0.15) is 12.1 Å². The summed E-state index contributed by atoms with van der Waals surface area (Å²) in [5.74, 6) is 0.958. The largest absolute Gasteiger partial charge is 0.308 e. The first kappa shape index (κ1) is 24.8. The van der Waals surface area contributed by atoms with Crippen LogP contribution in [-0.2, 0) is 0 Å². The Balaban J connectivity index is 1.51. The minimum absolute atomic E-state index is 0.381. The van der Waals surface area contributed by atoms with E-state index in [0.29, 0.717) is 22.8 Å². The van der Waals surface area contributed by atoms with Crippen molar-refractivity contribution in [3.63, 3.8) is 0 Å². The SMILES string of the molecule is Cc1ccc(-c2ccc3c4ccccc4n(-c4ccc(-c5ncc(C#N)cn5)cc4-c4ncc(C#N)cn4)c3c2)cc1. The van der Waals surface area contributed by atoms with Crippen molar-refractivity contribution < 1.29 is 0 Å². The molecule has 0 saturated heterocycles. The quantitative estimate of drug-likeness (QED) is 0.231. The molecule has 0 radical (unpaired) electrons. The Bertz CT molecular complexity index is 2200. The van der Waals surface area contributed by atoms with Gasteiger partial charge in [-0.25, -0.2) is 19.9 Å². The van der Waals surface area contributed by atoms with E-state index in [4.69, 9.17) is 0 Å². The zero-order valence-corrected chi connectivity index (χ0v) is 22.5. The Kier molecular flexibility index (Phi) is 5.97. The highest BCUT2D eigenvalue weighted by Crippen LogP contribution is 2.38. The lowest BCUT2D eigenvalue weighted by atomic mass is 10.0. The molecule has 0 aliphatic heterocycles. The van der Waals surface area contributed by atoms with Gasteiger partial charge < -0.3 is 4.57 Å². The van der Waals surface area contributed by atoms with E-state index in [1.165, 1.54) is 30.4 Å². The Morgan fingerprint density at radius 3 is 1.86 bits per heavy atom. The lowest BCUT2D eigenvalue weighted by Crippen LogP contribution is -2.01. The molecule has 3 aromatic heterocycles. The number of nitrogens with zero attached hydrogens (tertiary/aromatic N) is 7. The van der Waals surface area contributed by atoms with Crippen LogP contribution in [0, 0.1) is 29.6 Å². The zero-order valence-electron chi connectivity index (χ0n) is 22.5. The third-order valence-corrected chi connectivity index (χ3v) is 7.36. The summed E-state index contributed by atoms with van der Waals surface area (Å²) in [6.45, 7) is 2.09. The number of para-hydroxylation sites is 1. The van der Waals surface area contributed by atoms with Gasteiger partial charge in [-0.1, -0.05) is 60.2 Å². The van der Waals surface area contributed by atoms with E-state index in [1.807, 2.05) is 24.3 Å². The van der Waals surface area contributed by atoms with Crippen LogP contribution < -0.4 is 0 Å². The molecular weight excluding hydrogens is 518 g/mol. The summed E-state index contributed by atoms with van der Waals surface area (Å²) in [6.07, 6.45) is 6.07. The molecule has 3 heterocycles. The van der Waals surface area contributed by atoms with Crippen molar-refractivity contribution in [2.24, 2.45) is 0 Å². The molecule has 0 bridgehead atoms. The number of nitriles is 2. The molecule has 4 aromatic carbocycles. The van der Waals surface area contributed by atoms with Crippen LogP contribution in [0.1, 0.15) is 16.7 Å². The Labute approximate surface area is 241 Å². The number of hydrogen-bond donors (Lipinski definition) is 0. The molecule has 0 aliphatic carbocycles. The summed E-state index contributed by atoms with van der Waals surface area (Å²) in [6, 6.07) is 33.6. The van der Waals surface area contributed by atoms with Crippen LogP contribution in [-0.4, -0.2) is 24.5 Å². The predicted molar refractivity (Wildman–Crippen MR) is 162 cm³/mol. The highest BCUT2D eigenvalue weighted by Gasteiger charge is 2.19. The van der Waals surface area contributed by atoms with Crippen molar-refractivity contribution in [2.45, 2.75) is 6.92 Å². The number of benzene rings is 4. The number of rotatable bonds is 4. The van der Waals surface area contributed by atoms with E-state index in [0.717, 1.165) is 49.7 Å². The molecule has 0 amide bonds. The summed E-state index contributed by atoms with van der Waals surface area (Å²) in [7, 11) is 0. The van der Waals surface area contributed by atoms with E-state index < -0.39 is 0 Å². The maximum absolute atomic E-state index is 9.34. The fourth-order valence-corrected chi connectivity index (χ4v) is 5.26. The molecule has 0 saturated carbocycles. The second-order valence-electron chi connectivity index (χ2n) is 10.00. The van der Waals surface area contributed by atoms with Gasteiger partial charge in [0.05, 0.1) is 27.8 Å². The number of aryl methyl sites for hydroxylation is 1. The van der Waals surface area contributed by atoms with Gasteiger partial charge in [-0.15, -0.1) is 0 Å². The Morgan fingerprint density at radius 2 is 1.17 bits per heavy atom. The molecule has 7 heteroatoms. The van der Waals surface area contributed by atoms with Crippen molar-refractivity contribution in [1.29, 1.82) is 10.5 Å². The smallest absolute Gasteiger partial charge is 0.161 e. The Morgan fingerprint density at radius 1 is 0.571 bits per heavy atom. The van der Waals surface area contributed by atoms with E-state index in [1.54, 1.807) is 0 Å². The summed E-state index contributed by atoms with van der Waals surface area (Å²) >= 11 is 0. The summed E-state index contributed by atoms with van der Waals surface area (Å²) in [5, 5.41) is 20.8. The van der Waals surface area contributed by atoms with Crippen molar-refractivity contribution in [2.75, 3.05) is 0 Å². The summed E-state index contributed by atoms with van der Waals surface area (Å²) < 4.78 is 2.24. The average Bonchev–Trinajstić information content (AvgIpc) is 3.38. The van der Waals surface area contributed by atoms with Gasteiger partial charge in [0.15, 0.2) is 11.6 Å². The molecule has 0 aliphatic rings. The molecule has 0 N–H and O–H groups in total. The molecule has 7 aromatic rings. The lowest BCUT2D eigenvalue weighted by molar-refractivity contribution is 1.12. The maximum atomic E-state index is 9.34. The van der Waals surface area contributed by atoms with E-state index >= 15 is 0 Å². The van der Waals surface area contributed by atoms with Gasteiger partial charge in [0.25, 0.3) is 0 Å². The highest BCUT2D eigenvalue weighted by molar-refractivity contribution is 6.10. The second-order valence-corrected chi connectivity index (χ2v) is 10.00. The summed E-state index contributed by atoms with van der Waals surface area (Å²) in [4.78, 5) is 17.9. The third kappa shape index (κ3) is 4.23. The molecule has 0 spiro atoms. The zero-order chi connectivity index (χ0) is 28.6. The lowest BCUT2D eigenvalue weighted by Gasteiger charge is -2.15. The van der Waals surface area contributed by atoms with E-state index in [-0.39, 0.29) is 0 Å². The first-order chi connectivity index (χ1) is 20.6. The van der Waals surface area contributed by atoms with Gasteiger partial charge in [0, 0.05) is 46.7 Å². The topological polar surface area (TPSA) is 104 Å².